The van der Waals surface area contributed by atoms with Crippen LogP contribution in [-0.4, -0.2) is 43.5 Å². The van der Waals surface area contributed by atoms with Crippen LogP contribution in [0.3, 0.4) is 0 Å². The van der Waals surface area contributed by atoms with Crippen molar-refractivity contribution in [3.63, 3.8) is 0 Å². The maximum absolute atomic E-state index is 12.7. The van der Waals surface area contributed by atoms with Gasteiger partial charge in [-0.1, -0.05) is 12.1 Å². The van der Waals surface area contributed by atoms with Gasteiger partial charge >= 0.3 is 6.18 Å². The van der Waals surface area contributed by atoms with E-state index in [0.717, 1.165) is 21.8 Å². The molecule has 0 unspecified atom stereocenters. The van der Waals surface area contributed by atoms with Crippen molar-refractivity contribution in [2.24, 2.45) is 0 Å². The normalized spacial score (nSPS) is 15.4. The molecule has 0 spiro atoms. The molecule has 0 bridgehead atoms. The first-order valence-corrected chi connectivity index (χ1v) is 7.13. The summed E-state index contributed by atoms with van der Waals surface area (Å²) in [7, 11) is 0. The van der Waals surface area contributed by atoms with Crippen LogP contribution in [0.2, 0.25) is 0 Å². The number of benzene rings is 1. The fourth-order valence-electron chi connectivity index (χ4n) is 2.35. The Bertz CT molecular complexity index is 771. The molecule has 1 aliphatic rings. The van der Waals surface area contributed by atoms with Crippen molar-refractivity contribution in [3.05, 3.63) is 29.8 Å². The van der Waals surface area contributed by atoms with Gasteiger partial charge in [0.15, 0.2) is 0 Å². The molecule has 1 fully saturated rings. The first-order valence-electron chi connectivity index (χ1n) is 7.13. The molecule has 1 aromatic heterocycles. The second-order valence-corrected chi connectivity index (χ2v) is 5.23. The van der Waals surface area contributed by atoms with E-state index in [2.05, 4.69) is 15.4 Å². The topological polar surface area (TPSA) is 81.0 Å². The molecule has 2 heterocycles. The van der Waals surface area contributed by atoms with E-state index in [1.165, 1.54) is 12.1 Å². The quantitative estimate of drug-likeness (QED) is 0.789. The number of halogens is 3. The molecule has 126 valence electrons. The zero-order valence-electron chi connectivity index (χ0n) is 12.3. The maximum atomic E-state index is 12.7. The number of carbonyl (C=O) groups excluding carboxylic acids is 2. The van der Waals surface area contributed by atoms with E-state index in [1.807, 2.05) is 0 Å². The highest BCUT2D eigenvalue weighted by Gasteiger charge is 2.31. The third-order valence-corrected chi connectivity index (χ3v) is 3.58. The second kappa shape index (κ2) is 6.02. The zero-order chi connectivity index (χ0) is 17.3. The van der Waals surface area contributed by atoms with Gasteiger partial charge in [-0.25, -0.2) is 0 Å². The highest BCUT2D eigenvalue weighted by molar-refractivity contribution is 6.01. The highest BCUT2D eigenvalue weighted by Crippen LogP contribution is 2.31. The molecule has 0 saturated carbocycles. The van der Waals surface area contributed by atoms with Crippen molar-refractivity contribution in [1.29, 1.82) is 0 Å². The van der Waals surface area contributed by atoms with Gasteiger partial charge in [-0.2, -0.15) is 18.0 Å². The molecule has 2 amide bonds. The minimum Gasteiger partial charge on any atom is -0.281 e. The van der Waals surface area contributed by atoms with Crippen LogP contribution < -0.4 is 0 Å². The Kier molecular flexibility index (Phi) is 4.04. The molecule has 1 aliphatic heterocycles. The molecule has 24 heavy (non-hydrogen) atoms. The van der Waals surface area contributed by atoms with Gasteiger partial charge < -0.3 is 0 Å². The highest BCUT2D eigenvalue weighted by atomic mass is 19.4. The predicted octanol–water partition coefficient (Wildman–Crippen LogP) is 1.51. The number of likely N-dealkylation sites (tertiary alicyclic amines) is 1. The van der Waals surface area contributed by atoms with Gasteiger partial charge in [0.05, 0.1) is 18.7 Å². The van der Waals surface area contributed by atoms with Crippen LogP contribution in [0.5, 0.6) is 0 Å². The van der Waals surface area contributed by atoms with Gasteiger partial charge in [0, 0.05) is 18.4 Å². The largest absolute Gasteiger partial charge is 0.416 e. The van der Waals surface area contributed by atoms with Crippen molar-refractivity contribution in [2.45, 2.75) is 25.6 Å². The fourth-order valence-corrected chi connectivity index (χ4v) is 2.35. The van der Waals surface area contributed by atoms with Crippen LogP contribution in [0.15, 0.2) is 24.3 Å². The smallest absolute Gasteiger partial charge is 0.281 e. The Morgan fingerprint density at radius 3 is 2.46 bits per heavy atom. The number of aromatic nitrogens is 4. The van der Waals surface area contributed by atoms with Crippen molar-refractivity contribution < 1.29 is 22.8 Å². The zero-order valence-corrected chi connectivity index (χ0v) is 12.3. The number of tetrazole rings is 1. The lowest BCUT2D eigenvalue weighted by molar-refractivity contribution is -0.139. The summed E-state index contributed by atoms with van der Waals surface area (Å²) in [6, 6.07) is 4.61. The number of hydrogen-bond donors (Lipinski definition) is 0. The van der Waals surface area contributed by atoms with Crippen LogP contribution >= 0.6 is 0 Å². The van der Waals surface area contributed by atoms with Crippen molar-refractivity contribution in [3.8, 4) is 11.4 Å². The lowest BCUT2D eigenvalue weighted by Crippen LogP contribution is -2.32. The van der Waals surface area contributed by atoms with Gasteiger partial charge in [-0.15, -0.1) is 10.2 Å². The summed E-state index contributed by atoms with van der Waals surface area (Å²) < 4.78 is 38.2. The number of rotatable bonds is 4. The Morgan fingerprint density at radius 2 is 1.79 bits per heavy atom. The van der Waals surface area contributed by atoms with E-state index in [9.17, 15) is 22.8 Å². The van der Waals surface area contributed by atoms with Crippen LogP contribution in [0.25, 0.3) is 11.4 Å². The van der Waals surface area contributed by atoms with Gasteiger partial charge in [0.2, 0.25) is 17.6 Å². The Morgan fingerprint density at radius 1 is 1.08 bits per heavy atom. The maximum Gasteiger partial charge on any atom is 0.416 e. The van der Waals surface area contributed by atoms with Gasteiger partial charge in [0.25, 0.3) is 0 Å². The number of hydrogen-bond acceptors (Lipinski definition) is 5. The lowest BCUT2D eigenvalue weighted by Gasteiger charge is -2.12. The summed E-state index contributed by atoms with van der Waals surface area (Å²) in [6.07, 6.45) is -4.07. The van der Waals surface area contributed by atoms with E-state index in [0.29, 0.717) is 0 Å². The molecule has 7 nitrogen and oxygen atoms in total. The Balaban J connectivity index is 1.72. The molecular formula is C14H12F3N5O2. The molecule has 2 aromatic rings. The first-order chi connectivity index (χ1) is 11.3. The number of carbonyl (C=O) groups is 2. The molecule has 1 aromatic carbocycles. The first kappa shape index (κ1) is 16.1. The Labute approximate surface area is 134 Å². The molecule has 0 N–H and O–H groups in total. The van der Waals surface area contributed by atoms with Crippen LogP contribution in [0.4, 0.5) is 13.2 Å². The van der Waals surface area contributed by atoms with E-state index < -0.39 is 11.7 Å². The van der Waals surface area contributed by atoms with Crippen LogP contribution in [-0.2, 0) is 22.3 Å². The third kappa shape index (κ3) is 3.26. The Hall–Kier alpha value is -2.78. The van der Waals surface area contributed by atoms with Crippen molar-refractivity contribution in [1.82, 2.24) is 25.1 Å². The minimum atomic E-state index is -4.46. The fraction of sp³-hybridized carbons (Fsp3) is 0.357. The van der Waals surface area contributed by atoms with E-state index >= 15 is 0 Å². The summed E-state index contributed by atoms with van der Waals surface area (Å²) in [5, 5.41) is 11.5. The molecule has 0 atom stereocenters. The van der Waals surface area contributed by atoms with E-state index in [4.69, 9.17) is 0 Å². The molecule has 1 saturated heterocycles. The molecule has 0 aliphatic carbocycles. The van der Waals surface area contributed by atoms with Crippen LogP contribution in [0, 0.1) is 0 Å². The second-order valence-electron chi connectivity index (χ2n) is 5.23. The minimum absolute atomic E-state index is 0.0418. The summed E-state index contributed by atoms with van der Waals surface area (Å²) >= 11 is 0. The third-order valence-electron chi connectivity index (χ3n) is 3.58. The molecular weight excluding hydrogens is 327 g/mol. The van der Waals surface area contributed by atoms with Crippen LogP contribution in [0.1, 0.15) is 18.4 Å². The number of amides is 2. The van der Waals surface area contributed by atoms with Gasteiger partial charge in [0.1, 0.15) is 0 Å². The summed E-state index contributed by atoms with van der Waals surface area (Å²) in [5.74, 6) is -0.461. The van der Waals surface area contributed by atoms with Crippen molar-refractivity contribution >= 4 is 11.8 Å². The monoisotopic (exact) mass is 339 g/mol. The van der Waals surface area contributed by atoms with Crippen molar-refractivity contribution in [2.75, 3.05) is 6.54 Å². The molecule has 10 heteroatoms. The SMILES string of the molecule is O=C1CCC(=O)N1CCn1nnc(-c2cccc(C(F)(F)F)c2)n1. The van der Waals surface area contributed by atoms with E-state index in [1.54, 1.807) is 0 Å². The number of nitrogens with zero attached hydrogens (tertiary/aromatic N) is 5. The average Bonchev–Trinajstić information content (AvgIpc) is 3.12. The number of alkyl halides is 3. The lowest BCUT2D eigenvalue weighted by atomic mass is 10.1. The van der Waals surface area contributed by atoms with E-state index in [-0.39, 0.29) is 49.1 Å². The summed E-state index contributed by atoms with van der Waals surface area (Å²) in [5.41, 5.74) is -0.617. The summed E-state index contributed by atoms with van der Waals surface area (Å²) in [6.45, 7) is 0.236. The average molecular weight is 339 g/mol. The summed E-state index contributed by atoms with van der Waals surface area (Å²) in [4.78, 5) is 25.3. The molecule has 3 rings (SSSR count). The molecule has 0 radical (unpaired) electrons. The predicted molar refractivity (Wildman–Crippen MR) is 74.2 cm³/mol. The standard InChI is InChI=1S/C14H12F3N5O2/c15-14(16,17)10-3-1-2-9(8-10)13-18-20-22(19-13)7-6-21-11(23)4-5-12(21)24/h1-3,8H,4-7H2. The van der Waals surface area contributed by atoms with Gasteiger partial charge in [-0.05, 0) is 17.3 Å². The van der Waals surface area contributed by atoms with Gasteiger partial charge in [-0.3, -0.25) is 14.5 Å². The number of imide groups is 1.